The van der Waals surface area contributed by atoms with Crippen molar-refractivity contribution in [3.05, 3.63) is 0 Å². The van der Waals surface area contributed by atoms with Crippen LogP contribution < -0.4 is 10.6 Å². The highest BCUT2D eigenvalue weighted by Crippen LogP contribution is 2.32. The van der Waals surface area contributed by atoms with Gasteiger partial charge in [-0.25, -0.2) is 8.78 Å². The lowest BCUT2D eigenvalue weighted by Crippen LogP contribution is -2.46. The number of piperidine rings is 1. The zero-order valence-corrected chi connectivity index (χ0v) is 10.0. The molecule has 1 fully saturated rings. The van der Waals surface area contributed by atoms with Gasteiger partial charge in [0.2, 0.25) is 0 Å². The summed E-state index contributed by atoms with van der Waals surface area (Å²) >= 11 is 0. The van der Waals surface area contributed by atoms with E-state index in [1.165, 1.54) is 0 Å². The van der Waals surface area contributed by atoms with E-state index in [1.807, 2.05) is 6.92 Å². The monoisotopic (exact) mass is 256 g/mol. The smallest absolute Gasteiger partial charge is 0.317 e. The Hall–Kier alpha value is -0.360. The lowest BCUT2D eigenvalue weighted by molar-refractivity contribution is -0.126. The maximum Gasteiger partial charge on any atom is 0.319 e. The van der Waals surface area contributed by atoms with Crippen LogP contribution in [0, 0.1) is 5.41 Å². The molecule has 2 nitrogen and oxygen atoms in total. The summed E-state index contributed by atoms with van der Waals surface area (Å²) in [6.07, 6.45) is -0.921. The summed E-state index contributed by atoms with van der Waals surface area (Å²) in [5.74, 6) is -3.93. The topological polar surface area (TPSA) is 24.1 Å². The third-order valence-corrected chi connectivity index (χ3v) is 3.59. The van der Waals surface area contributed by atoms with E-state index < -0.39 is 18.9 Å². The van der Waals surface area contributed by atoms with Gasteiger partial charge in [0.1, 0.15) is 0 Å². The summed E-state index contributed by atoms with van der Waals surface area (Å²) in [6.45, 7) is 3.17. The molecule has 0 aromatic carbocycles. The van der Waals surface area contributed by atoms with E-state index in [9.17, 15) is 17.6 Å². The Bertz CT molecular complexity index is 228. The zero-order valence-electron chi connectivity index (χ0n) is 10.0. The van der Waals surface area contributed by atoms with Crippen molar-refractivity contribution < 1.29 is 17.6 Å². The first-order valence-electron chi connectivity index (χ1n) is 5.99. The highest BCUT2D eigenvalue weighted by molar-refractivity contribution is 4.86. The molecule has 1 aliphatic rings. The van der Waals surface area contributed by atoms with Crippen LogP contribution in [-0.4, -0.2) is 38.5 Å². The quantitative estimate of drug-likeness (QED) is 0.712. The second-order valence-corrected chi connectivity index (χ2v) is 4.77. The number of hydrogen-bond acceptors (Lipinski definition) is 2. The number of halogens is 4. The highest BCUT2D eigenvalue weighted by atomic mass is 19.3. The van der Waals surface area contributed by atoms with E-state index in [4.69, 9.17) is 0 Å². The molecule has 0 bridgehead atoms. The van der Waals surface area contributed by atoms with Crippen LogP contribution in [-0.2, 0) is 0 Å². The minimum atomic E-state index is -3.93. The van der Waals surface area contributed by atoms with E-state index in [2.05, 4.69) is 10.6 Å². The van der Waals surface area contributed by atoms with Gasteiger partial charge in [-0.3, -0.25) is 0 Å². The van der Waals surface area contributed by atoms with Gasteiger partial charge in [-0.05, 0) is 37.8 Å². The Labute approximate surface area is 99.1 Å². The maximum absolute atomic E-state index is 12.7. The van der Waals surface area contributed by atoms with Gasteiger partial charge in [0.15, 0.2) is 0 Å². The molecule has 1 rings (SSSR count). The molecule has 0 radical (unpaired) electrons. The molecule has 17 heavy (non-hydrogen) atoms. The predicted molar refractivity (Wildman–Crippen MR) is 58.6 cm³/mol. The minimum Gasteiger partial charge on any atom is -0.317 e. The Morgan fingerprint density at radius 3 is 2.35 bits per heavy atom. The third kappa shape index (κ3) is 4.10. The van der Waals surface area contributed by atoms with Crippen molar-refractivity contribution in [1.82, 2.24) is 10.6 Å². The summed E-state index contributed by atoms with van der Waals surface area (Å²) < 4.78 is 49.3. The largest absolute Gasteiger partial charge is 0.319 e. The molecule has 1 heterocycles. The molecule has 1 aliphatic heterocycles. The van der Waals surface area contributed by atoms with Crippen molar-refractivity contribution in [3.63, 3.8) is 0 Å². The van der Waals surface area contributed by atoms with Crippen LogP contribution in [0.25, 0.3) is 0 Å². The van der Waals surface area contributed by atoms with Gasteiger partial charge in [-0.15, -0.1) is 0 Å². The van der Waals surface area contributed by atoms with Crippen molar-refractivity contribution >= 4 is 0 Å². The average molecular weight is 256 g/mol. The van der Waals surface area contributed by atoms with Gasteiger partial charge < -0.3 is 10.6 Å². The van der Waals surface area contributed by atoms with Gasteiger partial charge in [0.25, 0.3) is 0 Å². The summed E-state index contributed by atoms with van der Waals surface area (Å²) in [6, 6.07) is 0. The van der Waals surface area contributed by atoms with E-state index >= 15 is 0 Å². The fourth-order valence-electron chi connectivity index (χ4n) is 2.18. The van der Waals surface area contributed by atoms with E-state index in [0.717, 1.165) is 32.4 Å². The summed E-state index contributed by atoms with van der Waals surface area (Å²) in [5, 5.41) is 5.71. The van der Waals surface area contributed by atoms with Crippen LogP contribution >= 0.6 is 0 Å². The Morgan fingerprint density at radius 1 is 1.29 bits per heavy atom. The molecule has 6 heteroatoms. The highest BCUT2D eigenvalue weighted by Gasteiger charge is 2.41. The van der Waals surface area contributed by atoms with Crippen molar-refractivity contribution in [2.45, 2.75) is 38.5 Å². The van der Waals surface area contributed by atoms with E-state index in [1.54, 1.807) is 0 Å². The first-order chi connectivity index (χ1) is 7.92. The summed E-state index contributed by atoms with van der Waals surface area (Å²) in [4.78, 5) is 0. The number of alkyl halides is 4. The molecular weight excluding hydrogens is 236 g/mol. The molecule has 0 saturated carbocycles. The van der Waals surface area contributed by atoms with Crippen molar-refractivity contribution in [2.75, 3.05) is 26.2 Å². The van der Waals surface area contributed by atoms with Gasteiger partial charge in [-0.1, -0.05) is 6.92 Å². The molecule has 0 aromatic rings. The molecule has 0 unspecified atom stereocenters. The zero-order chi connectivity index (χ0) is 12.9. The van der Waals surface area contributed by atoms with Crippen LogP contribution in [0.2, 0.25) is 0 Å². The molecule has 0 aliphatic carbocycles. The molecular formula is C11H20F4N2. The molecule has 2 N–H and O–H groups in total. The van der Waals surface area contributed by atoms with Crippen molar-refractivity contribution in [2.24, 2.45) is 5.41 Å². The third-order valence-electron chi connectivity index (χ3n) is 3.59. The lowest BCUT2D eigenvalue weighted by atomic mass is 9.76. The number of rotatable bonds is 6. The first-order valence-corrected chi connectivity index (χ1v) is 5.99. The van der Waals surface area contributed by atoms with Crippen molar-refractivity contribution in [3.8, 4) is 0 Å². The first kappa shape index (κ1) is 14.7. The number of nitrogens with one attached hydrogen (secondary N) is 2. The van der Waals surface area contributed by atoms with Gasteiger partial charge >= 0.3 is 12.3 Å². The minimum absolute atomic E-state index is 0.0244. The molecule has 0 aromatic heterocycles. The molecule has 0 spiro atoms. The standard InChI is InChI=1S/C11H20F4N2/c1-2-10(3-5-16-6-4-10)7-17-8-11(14,15)9(12)13/h9,16-17H,2-8H2,1H3. The van der Waals surface area contributed by atoms with Crippen LogP contribution in [0.15, 0.2) is 0 Å². The molecule has 102 valence electrons. The Balaban J connectivity index is 2.38. The fourth-order valence-corrected chi connectivity index (χ4v) is 2.18. The van der Waals surface area contributed by atoms with Gasteiger partial charge in [0, 0.05) is 6.54 Å². The Kier molecular flexibility index (Phi) is 5.19. The fraction of sp³-hybridized carbons (Fsp3) is 1.00. The van der Waals surface area contributed by atoms with Gasteiger partial charge in [-0.2, -0.15) is 8.78 Å². The van der Waals surface area contributed by atoms with Crippen LogP contribution in [0.4, 0.5) is 17.6 Å². The van der Waals surface area contributed by atoms with Crippen LogP contribution in [0.3, 0.4) is 0 Å². The average Bonchev–Trinajstić information content (AvgIpc) is 2.30. The molecule has 1 saturated heterocycles. The van der Waals surface area contributed by atoms with E-state index in [-0.39, 0.29) is 5.41 Å². The predicted octanol–water partition coefficient (Wildman–Crippen LogP) is 2.26. The second-order valence-electron chi connectivity index (χ2n) is 4.77. The molecule has 0 atom stereocenters. The summed E-state index contributed by atoms with van der Waals surface area (Å²) in [7, 11) is 0. The second kappa shape index (κ2) is 6.00. The van der Waals surface area contributed by atoms with E-state index in [0.29, 0.717) is 6.54 Å². The SMILES string of the molecule is CCC1(CNCC(F)(F)C(F)F)CCNCC1. The van der Waals surface area contributed by atoms with Crippen LogP contribution in [0.5, 0.6) is 0 Å². The maximum atomic E-state index is 12.7. The Morgan fingerprint density at radius 2 is 1.88 bits per heavy atom. The normalized spacial score (nSPS) is 20.8. The lowest BCUT2D eigenvalue weighted by Gasteiger charge is -2.37. The summed E-state index contributed by atoms with van der Waals surface area (Å²) in [5.41, 5.74) is -0.0244. The van der Waals surface area contributed by atoms with Gasteiger partial charge in [0.05, 0.1) is 6.54 Å². The van der Waals surface area contributed by atoms with Crippen molar-refractivity contribution in [1.29, 1.82) is 0 Å². The van der Waals surface area contributed by atoms with Crippen LogP contribution in [0.1, 0.15) is 26.2 Å². The molecule has 0 amide bonds. The number of hydrogen-bond donors (Lipinski definition) is 2.